The van der Waals surface area contributed by atoms with Gasteiger partial charge in [-0.25, -0.2) is 0 Å². The maximum atomic E-state index is 5.63. The summed E-state index contributed by atoms with van der Waals surface area (Å²) in [7, 11) is 0. The fourth-order valence-electron chi connectivity index (χ4n) is 2.17. The lowest BCUT2D eigenvalue weighted by Gasteiger charge is -2.15. The maximum Gasteiger partial charge on any atom is -0.00514 e. The van der Waals surface area contributed by atoms with E-state index in [0.717, 1.165) is 12.5 Å². The Balaban J connectivity index is 3.20. The van der Waals surface area contributed by atoms with Gasteiger partial charge in [0.05, 0.1) is 0 Å². The van der Waals surface area contributed by atoms with E-state index < -0.39 is 0 Å². The summed E-state index contributed by atoms with van der Waals surface area (Å²) in [6.45, 7) is 7.76. The lowest BCUT2D eigenvalue weighted by atomic mass is 9.92. The van der Waals surface area contributed by atoms with Crippen LogP contribution in [0.2, 0.25) is 0 Å². The summed E-state index contributed by atoms with van der Waals surface area (Å²) in [5.41, 5.74) is 5.63. The molecule has 2 atom stereocenters. The fraction of sp³-hybridized carbons (Fsp3) is 1.00. The lowest BCUT2D eigenvalue weighted by Crippen LogP contribution is -2.13. The molecule has 0 aliphatic carbocycles. The van der Waals surface area contributed by atoms with E-state index in [4.69, 9.17) is 5.73 Å². The van der Waals surface area contributed by atoms with Gasteiger partial charge in [0, 0.05) is 0 Å². The van der Waals surface area contributed by atoms with Crippen molar-refractivity contribution in [2.75, 3.05) is 6.54 Å². The second-order valence-corrected chi connectivity index (χ2v) is 5.24. The first-order valence-corrected chi connectivity index (χ1v) is 6.90. The molecule has 0 rings (SSSR count). The zero-order valence-electron chi connectivity index (χ0n) is 11.1. The summed E-state index contributed by atoms with van der Waals surface area (Å²) in [6.07, 6.45) is 11.2. The molecule has 15 heavy (non-hydrogen) atoms. The van der Waals surface area contributed by atoms with Crippen LogP contribution < -0.4 is 5.73 Å². The molecule has 0 aromatic rings. The Morgan fingerprint density at radius 3 is 2.07 bits per heavy atom. The zero-order valence-corrected chi connectivity index (χ0v) is 11.1. The van der Waals surface area contributed by atoms with Gasteiger partial charge in [0.25, 0.3) is 0 Å². The highest BCUT2D eigenvalue weighted by Gasteiger charge is 2.06. The van der Waals surface area contributed by atoms with Crippen LogP contribution in [0.15, 0.2) is 0 Å². The van der Waals surface area contributed by atoms with Crippen molar-refractivity contribution in [3.05, 3.63) is 0 Å². The molecule has 2 N–H and O–H groups in total. The molecule has 0 aliphatic heterocycles. The molecule has 0 aromatic carbocycles. The van der Waals surface area contributed by atoms with Gasteiger partial charge in [0.15, 0.2) is 0 Å². The van der Waals surface area contributed by atoms with E-state index in [-0.39, 0.29) is 0 Å². The summed E-state index contributed by atoms with van der Waals surface area (Å²) in [5, 5.41) is 0. The fourth-order valence-corrected chi connectivity index (χ4v) is 2.17. The van der Waals surface area contributed by atoms with E-state index in [2.05, 4.69) is 20.8 Å². The van der Waals surface area contributed by atoms with E-state index in [1.54, 1.807) is 0 Å². The third-order valence-electron chi connectivity index (χ3n) is 3.26. The van der Waals surface area contributed by atoms with Crippen molar-refractivity contribution in [2.24, 2.45) is 17.6 Å². The topological polar surface area (TPSA) is 26.0 Å². The van der Waals surface area contributed by atoms with Gasteiger partial charge in [0.2, 0.25) is 0 Å². The van der Waals surface area contributed by atoms with Crippen LogP contribution in [0.5, 0.6) is 0 Å². The van der Waals surface area contributed by atoms with E-state index >= 15 is 0 Å². The van der Waals surface area contributed by atoms with Crippen LogP contribution in [0.4, 0.5) is 0 Å². The minimum atomic E-state index is 0.708. The number of nitrogens with two attached hydrogens (primary N) is 1. The minimum absolute atomic E-state index is 0.708. The van der Waals surface area contributed by atoms with Crippen LogP contribution in [-0.2, 0) is 0 Å². The molecule has 92 valence electrons. The molecule has 0 spiro atoms. The second kappa shape index (κ2) is 10.5. The highest BCUT2D eigenvalue weighted by Crippen LogP contribution is 2.18. The third-order valence-corrected chi connectivity index (χ3v) is 3.26. The van der Waals surface area contributed by atoms with E-state index in [9.17, 15) is 0 Å². The number of rotatable bonds is 10. The Kier molecular flexibility index (Phi) is 10.4. The van der Waals surface area contributed by atoms with Gasteiger partial charge in [-0.3, -0.25) is 0 Å². The molecule has 0 bridgehead atoms. The van der Waals surface area contributed by atoms with Gasteiger partial charge in [0.1, 0.15) is 0 Å². The van der Waals surface area contributed by atoms with Gasteiger partial charge in [-0.1, -0.05) is 65.7 Å². The molecular formula is C14H31N. The number of unbranched alkanes of at least 4 members (excludes halogenated alkanes) is 5. The first kappa shape index (κ1) is 15.0. The molecule has 0 fully saturated rings. The summed E-state index contributed by atoms with van der Waals surface area (Å²) in [5.74, 6) is 1.58. The highest BCUT2D eigenvalue weighted by atomic mass is 14.5. The van der Waals surface area contributed by atoms with Crippen LogP contribution in [0, 0.1) is 11.8 Å². The molecule has 1 heteroatoms. The van der Waals surface area contributed by atoms with Gasteiger partial charge in [-0.2, -0.15) is 0 Å². The van der Waals surface area contributed by atoms with Gasteiger partial charge in [-0.15, -0.1) is 0 Å². The largest absolute Gasteiger partial charge is 0.330 e. The first-order valence-electron chi connectivity index (χ1n) is 6.90. The molecule has 0 aliphatic rings. The smallest absolute Gasteiger partial charge is 0.00514 e. The molecule has 0 radical (unpaired) electrons. The monoisotopic (exact) mass is 213 g/mol. The van der Waals surface area contributed by atoms with Gasteiger partial charge < -0.3 is 5.73 Å². The minimum Gasteiger partial charge on any atom is -0.330 e. The van der Waals surface area contributed by atoms with Gasteiger partial charge in [-0.05, 0) is 24.8 Å². The molecule has 0 amide bonds. The van der Waals surface area contributed by atoms with Crippen LogP contribution in [-0.4, -0.2) is 6.54 Å². The zero-order chi connectivity index (χ0) is 11.5. The van der Waals surface area contributed by atoms with Crippen molar-refractivity contribution in [1.29, 1.82) is 0 Å². The molecule has 0 aromatic heterocycles. The highest BCUT2D eigenvalue weighted by molar-refractivity contribution is 4.60. The van der Waals surface area contributed by atoms with Crippen molar-refractivity contribution in [3.8, 4) is 0 Å². The summed E-state index contributed by atoms with van der Waals surface area (Å²) in [6, 6.07) is 0. The molecule has 0 heterocycles. The Hall–Kier alpha value is -0.0400. The normalized spacial score (nSPS) is 15.2. The summed E-state index contributed by atoms with van der Waals surface area (Å²) in [4.78, 5) is 0. The molecule has 0 saturated heterocycles. The van der Waals surface area contributed by atoms with Crippen LogP contribution in [0.25, 0.3) is 0 Å². The Morgan fingerprint density at radius 1 is 0.867 bits per heavy atom. The number of hydrogen-bond acceptors (Lipinski definition) is 1. The van der Waals surface area contributed by atoms with Crippen molar-refractivity contribution in [3.63, 3.8) is 0 Å². The standard InChI is InChI=1S/C14H31N/c1-4-5-6-7-8-9-10-13(2)11-14(3)12-15/h13-14H,4-12,15H2,1-3H3. The second-order valence-electron chi connectivity index (χ2n) is 5.24. The summed E-state index contributed by atoms with van der Waals surface area (Å²) >= 11 is 0. The average molecular weight is 213 g/mol. The van der Waals surface area contributed by atoms with Gasteiger partial charge >= 0.3 is 0 Å². The SMILES string of the molecule is CCCCCCCCC(C)CC(C)CN. The first-order chi connectivity index (χ1) is 7.20. The van der Waals surface area contributed by atoms with Crippen molar-refractivity contribution in [1.82, 2.24) is 0 Å². The predicted molar refractivity (Wildman–Crippen MR) is 70.0 cm³/mol. The Bertz CT molecular complexity index is 123. The lowest BCUT2D eigenvalue weighted by molar-refractivity contribution is 0.385. The van der Waals surface area contributed by atoms with Crippen LogP contribution >= 0.6 is 0 Å². The predicted octanol–water partition coefficient (Wildman–Crippen LogP) is 4.36. The third kappa shape index (κ3) is 10.2. The maximum absolute atomic E-state index is 5.63. The van der Waals surface area contributed by atoms with Crippen LogP contribution in [0.1, 0.15) is 72.1 Å². The van der Waals surface area contributed by atoms with E-state index in [0.29, 0.717) is 5.92 Å². The van der Waals surface area contributed by atoms with Crippen molar-refractivity contribution in [2.45, 2.75) is 72.1 Å². The summed E-state index contributed by atoms with van der Waals surface area (Å²) < 4.78 is 0. The van der Waals surface area contributed by atoms with Crippen LogP contribution in [0.3, 0.4) is 0 Å². The Labute approximate surface area is 96.8 Å². The average Bonchev–Trinajstić information content (AvgIpc) is 2.23. The molecular weight excluding hydrogens is 182 g/mol. The molecule has 2 unspecified atom stereocenters. The molecule has 1 nitrogen and oxygen atoms in total. The quantitative estimate of drug-likeness (QED) is 0.536. The number of hydrogen-bond donors (Lipinski definition) is 1. The Morgan fingerprint density at radius 2 is 1.47 bits per heavy atom. The van der Waals surface area contributed by atoms with Crippen molar-refractivity contribution >= 4 is 0 Å². The van der Waals surface area contributed by atoms with E-state index in [1.807, 2.05) is 0 Å². The van der Waals surface area contributed by atoms with Crippen molar-refractivity contribution < 1.29 is 0 Å². The van der Waals surface area contributed by atoms with E-state index in [1.165, 1.54) is 51.4 Å². The molecule has 0 saturated carbocycles.